The summed E-state index contributed by atoms with van der Waals surface area (Å²) in [7, 11) is 0. The quantitative estimate of drug-likeness (QED) is 0.747. The lowest BCUT2D eigenvalue weighted by Crippen LogP contribution is -2.13. The first-order valence-corrected chi connectivity index (χ1v) is 7.23. The van der Waals surface area contributed by atoms with Crippen LogP contribution in [0.3, 0.4) is 0 Å². The number of hydrogen-bond donors (Lipinski definition) is 1. The maximum Gasteiger partial charge on any atom is 0.167 e. The Labute approximate surface area is 120 Å². The molecule has 20 heavy (non-hydrogen) atoms. The lowest BCUT2D eigenvalue weighted by molar-refractivity contribution is 0.317. The third kappa shape index (κ3) is 4.10. The van der Waals surface area contributed by atoms with Gasteiger partial charge in [-0.3, -0.25) is 0 Å². The number of ether oxygens (including phenoxy) is 1. The van der Waals surface area contributed by atoms with Crippen molar-refractivity contribution in [2.75, 3.05) is 13.2 Å². The fourth-order valence-electron chi connectivity index (χ4n) is 1.86. The van der Waals surface area contributed by atoms with Crippen LogP contribution in [0.5, 0.6) is 5.75 Å². The Balaban J connectivity index is 1.97. The average molecular weight is 274 g/mol. The lowest BCUT2D eigenvalue weighted by Gasteiger charge is -2.04. The molecule has 1 heterocycles. The van der Waals surface area contributed by atoms with Crippen molar-refractivity contribution in [3.05, 3.63) is 36.0 Å². The Morgan fingerprint density at radius 3 is 2.65 bits per heavy atom. The fraction of sp³-hybridized carbons (Fsp3) is 0.438. The summed E-state index contributed by atoms with van der Waals surface area (Å²) in [6.45, 7) is 6.72. The van der Waals surface area contributed by atoms with Crippen LogP contribution in [0.25, 0.3) is 11.3 Å². The monoisotopic (exact) mass is 274 g/mol. The van der Waals surface area contributed by atoms with Gasteiger partial charge in [0.1, 0.15) is 5.75 Å². The van der Waals surface area contributed by atoms with Crippen molar-refractivity contribution < 1.29 is 9.26 Å². The fourth-order valence-corrected chi connectivity index (χ4v) is 1.86. The molecule has 0 bridgehead atoms. The molecule has 108 valence electrons. The molecule has 2 aromatic rings. The molecule has 4 heteroatoms. The zero-order valence-electron chi connectivity index (χ0n) is 12.2. The number of nitrogens with zero attached hydrogens (tertiary/aromatic N) is 1. The van der Waals surface area contributed by atoms with Gasteiger partial charge in [-0.1, -0.05) is 19.0 Å². The van der Waals surface area contributed by atoms with Gasteiger partial charge < -0.3 is 14.6 Å². The van der Waals surface area contributed by atoms with E-state index in [9.17, 15) is 0 Å². The average Bonchev–Trinajstić information content (AvgIpc) is 2.95. The van der Waals surface area contributed by atoms with E-state index in [1.165, 1.54) is 0 Å². The summed E-state index contributed by atoms with van der Waals surface area (Å²) >= 11 is 0. The summed E-state index contributed by atoms with van der Waals surface area (Å²) in [5.41, 5.74) is 1.95. The van der Waals surface area contributed by atoms with E-state index in [4.69, 9.17) is 9.26 Å². The smallest absolute Gasteiger partial charge is 0.167 e. The highest BCUT2D eigenvalue weighted by Gasteiger charge is 2.06. The van der Waals surface area contributed by atoms with Crippen molar-refractivity contribution >= 4 is 0 Å². The molecule has 0 spiro atoms. The normalized spacial score (nSPS) is 10.7. The van der Waals surface area contributed by atoms with E-state index < -0.39 is 0 Å². The van der Waals surface area contributed by atoms with Gasteiger partial charge in [0.25, 0.3) is 0 Å². The SMILES string of the molecule is CCCNCc1cc(-c2ccc(OCCC)cc2)on1. The zero-order valence-corrected chi connectivity index (χ0v) is 12.2. The summed E-state index contributed by atoms with van der Waals surface area (Å²) in [5.74, 6) is 1.68. The second-order valence-electron chi connectivity index (χ2n) is 4.73. The van der Waals surface area contributed by atoms with E-state index in [0.717, 1.165) is 55.3 Å². The maximum absolute atomic E-state index is 5.56. The van der Waals surface area contributed by atoms with Crippen molar-refractivity contribution in [1.29, 1.82) is 0 Å². The predicted octanol–water partition coefficient (Wildman–Crippen LogP) is 3.63. The molecule has 1 aromatic carbocycles. The van der Waals surface area contributed by atoms with Gasteiger partial charge in [0, 0.05) is 18.2 Å². The molecule has 0 fully saturated rings. The van der Waals surface area contributed by atoms with Crippen molar-refractivity contribution in [3.63, 3.8) is 0 Å². The Morgan fingerprint density at radius 1 is 1.15 bits per heavy atom. The molecule has 1 N–H and O–H groups in total. The first-order chi connectivity index (χ1) is 9.83. The molecule has 0 radical (unpaired) electrons. The molecule has 2 rings (SSSR count). The van der Waals surface area contributed by atoms with E-state index >= 15 is 0 Å². The van der Waals surface area contributed by atoms with Crippen LogP contribution < -0.4 is 10.1 Å². The van der Waals surface area contributed by atoms with Crippen molar-refractivity contribution in [1.82, 2.24) is 10.5 Å². The lowest BCUT2D eigenvalue weighted by atomic mass is 10.1. The first kappa shape index (κ1) is 14.6. The maximum atomic E-state index is 5.56. The number of aromatic nitrogens is 1. The molecular weight excluding hydrogens is 252 g/mol. The highest BCUT2D eigenvalue weighted by atomic mass is 16.5. The second-order valence-corrected chi connectivity index (χ2v) is 4.73. The van der Waals surface area contributed by atoms with Gasteiger partial charge in [0.2, 0.25) is 0 Å². The summed E-state index contributed by atoms with van der Waals surface area (Å²) < 4.78 is 10.9. The Morgan fingerprint density at radius 2 is 1.95 bits per heavy atom. The van der Waals surface area contributed by atoms with Gasteiger partial charge in [-0.15, -0.1) is 0 Å². The largest absolute Gasteiger partial charge is 0.494 e. The standard InChI is InChI=1S/C16H22N2O2/c1-3-9-17-12-14-11-16(20-18-14)13-5-7-15(8-6-13)19-10-4-2/h5-8,11,17H,3-4,9-10,12H2,1-2H3. The van der Waals surface area contributed by atoms with Gasteiger partial charge >= 0.3 is 0 Å². The van der Waals surface area contributed by atoms with Crippen LogP contribution in [0, 0.1) is 0 Å². The number of rotatable bonds is 8. The third-order valence-corrected chi connectivity index (χ3v) is 2.90. The topological polar surface area (TPSA) is 47.3 Å². The summed E-state index contributed by atoms with van der Waals surface area (Å²) in [5, 5.41) is 7.37. The highest BCUT2D eigenvalue weighted by Crippen LogP contribution is 2.23. The minimum absolute atomic E-state index is 0.745. The molecular formula is C16H22N2O2. The van der Waals surface area contributed by atoms with Crippen LogP contribution in [0.15, 0.2) is 34.9 Å². The molecule has 0 aliphatic carbocycles. The minimum Gasteiger partial charge on any atom is -0.494 e. The summed E-state index contributed by atoms with van der Waals surface area (Å²) in [4.78, 5) is 0. The first-order valence-electron chi connectivity index (χ1n) is 7.23. The molecule has 0 saturated carbocycles. The minimum atomic E-state index is 0.745. The molecule has 0 aliphatic rings. The number of nitrogens with one attached hydrogen (secondary N) is 1. The van der Waals surface area contributed by atoms with Gasteiger partial charge in [0.15, 0.2) is 5.76 Å². The van der Waals surface area contributed by atoms with Gasteiger partial charge in [-0.2, -0.15) is 0 Å². The van der Waals surface area contributed by atoms with Crippen LogP contribution in [0.2, 0.25) is 0 Å². The van der Waals surface area contributed by atoms with E-state index in [-0.39, 0.29) is 0 Å². The van der Waals surface area contributed by atoms with Crippen LogP contribution in [0.1, 0.15) is 32.4 Å². The van der Waals surface area contributed by atoms with Crippen molar-refractivity contribution in [2.45, 2.75) is 33.2 Å². The van der Waals surface area contributed by atoms with E-state index in [0.29, 0.717) is 0 Å². The third-order valence-electron chi connectivity index (χ3n) is 2.90. The predicted molar refractivity (Wildman–Crippen MR) is 79.7 cm³/mol. The van der Waals surface area contributed by atoms with E-state index in [2.05, 4.69) is 24.3 Å². The zero-order chi connectivity index (χ0) is 14.2. The van der Waals surface area contributed by atoms with Gasteiger partial charge in [-0.25, -0.2) is 0 Å². The van der Waals surface area contributed by atoms with Gasteiger partial charge in [0.05, 0.1) is 12.3 Å². The molecule has 1 aromatic heterocycles. The van der Waals surface area contributed by atoms with Crippen molar-refractivity contribution in [3.8, 4) is 17.1 Å². The van der Waals surface area contributed by atoms with Gasteiger partial charge in [-0.05, 0) is 43.7 Å². The Bertz CT molecular complexity index is 505. The molecule has 0 aliphatic heterocycles. The Kier molecular flexibility index (Phi) is 5.62. The second kappa shape index (κ2) is 7.70. The molecule has 4 nitrogen and oxygen atoms in total. The number of hydrogen-bond acceptors (Lipinski definition) is 4. The van der Waals surface area contributed by atoms with Crippen LogP contribution in [0.4, 0.5) is 0 Å². The Hall–Kier alpha value is -1.81. The number of benzene rings is 1. The molecule has 0 unspecified atom stereocenters. The van der Waals surface area contributed by atoms with E-state index in [1.54, 1.807) is 0 Å². The van der Waals surface area contributed by atoms with Crippen LogP contribution in [-0.4, -0.2) is 18.3 Å². The van der Waals surface area contributed by atoms with Crippen LogP contribution >= 0.6 is 0 Å². The molecule has 0 atom stereocenters. The summed E-state index contributed by atoms with van der Waals surface area (Å²) in [6, 6.07) is 9.89. The highest BCUT2D eigenvalue weighted by molar-refractivity contribution is 5.58. The summed E-state index contributed by atoms with van der Waals surface area (Å²) in [6.07, 6.45) is 2.13. The van der Waals surface area contributed by atoms with Crippen LogP contribution in [-0.2, 0) is 6.54 Å². The molecule has 0 saturated heterocycles. The van der Waals surface area contributed by atoms with Crippen molar-refractivity contribution in [2.24, 2.45) is 0 Å². The molecule has 0 amide bonds. The van der Waals surface area contributed by atoms with E-state index in [1.807, 2.05) is 30.3 Å².